The molecule has 0 fully saturated rings. The Balaban J connectivity index is 2.75. The molecule has 0 aliphatic carbocycles. The summed E-state index contributed by atoms with van der Waals surface area (Å²) in [6.07, 6.45) is 4.38. The summed E-state index contributed by atoms with van der Waals surface area (Å²) in [5, 5.41) is 0.663. The number of hydrogen-bond acceptors (Lipinski definition) is 1. The zero-order valence-electron chi connectivity index (χ0n) is 9.16. The summed E-state index contributed by atoms with van der Waals surface area (Å²) in [6, 6.07) is 2.19. The normalized spacial score (nSPS) is 12.5. The molecule has 1 rings (SSSR count). The van der Waals surface area contributed by atoms with Crippen molar-refractivity contribution in [1.29, 1.82) is 0 Å². The Hall–Kier alpha value is -0.370. The first-order chi connectivity index (χ1) is 5.89. The van der Waals surface area contributed by atoms with Crippen molar-refractivity contribution < 1.29 is 0 Å². The third-order valence-corrected chi connectivity index (χ3v) is 2.80. The van der Waals surface area contributed by atoms with Crippen LogP contribution in [-0.4, -0.2) is 9.82 Å². The molecule has 2 heteroatoms. The number of rotatable bonds is 2. The minimum Gasteiger partial charge on any atom is -0.348 e. The van der Waals surface area contributed by atoms with E-state index in [0.29, 0.717) is 5.25 Å². The highest BCUT2D eigenvalue weighted by Crippen LogP contribution is 2.25. The van der Waals surface area contributed by atoms with E-state index in [4.69, 9.17) is 0 Å². The van der Waals surface area contributed by atoms with Gasteiger partial charge in [-0.25, -0.2) is 0 Å². The number of nitrogens with zero attached hydrogens (tertiary/aromatic N) is 1. The largest absolute Gasteiger partial charge is 0.348 e. The minimum atomic E-state index is 0.204. The molecule has 0 aliphatic heterocycles. The van der Waals surface area contributed by atoms with Gasteiger partial charge in [0, 0.05) is 28.1 Å². The van der Waals surface area contributed by atoms with Crippen molar-refractivity contribution in [3.8, 4) is 0 Å². The minimum absolute atomic E-state index is 0.204. The number of hydrogen-bond donors (Lipinski definition) is 0. The van der Waals surface area contributed by atoms with Gasteiger partial charge >= 0.3 is 0 Å². The van der Waals surface area contributed by atoms with Gasteiger partial charge in [0.1, 0.15) is 0 Å². The Bertz CT molecular complexity index is 268. The van der Waals surface area contributed by atoms with Gasteiger partial charge < -0.3 is 4.57 Å². The number of thioether (sulfide) groups is 1. The van der Waals surface area contributed by atoms with E-state index in [9.17, 15) is 0 Å². The Morgan fingerprint density at radius 3 is 2.31 bits per heavy atom. The van der Waals surface area contributed by atoms with Gasteiger partial charge in [-0.2, -0.15) is 0 Å². The molecular formula is C11H19NS. The fourth-order valence-electron chi connectivity index (χ4n) is 1.14. The zero-order chi connectivity index (χ0) is 10.1. The van der Waals surface area contributed by atoms with Crippen LogP contribution < -0.4 is 0 Å². The Morgan fingerprint density at radius 1 is 1.31 bits per heavy atom. The van der Waals surface area contributed by atoms with Crippen LogP contribution in [-0.2, 0) is 5.54 Å². The molecule has 1 aromatic heterocycles. The Morgan fingerprint density at radius 2 is 1.92 bits per heavy atom. The van der Waals surface area contributed by atoms with Crippen molar-refractivity contribution in [3.63, 3.8) is 0 Å². The lowest BCUT2D eigenvalue weighted by atomic mass is 10.1. The van der Waals surface area contributed by atoms with Crippen molar-refractivity contribution in [3.05, 3.63) is 18.5 Å². The second-order valence-electron chi connectivity index (χ2n) is 4.59. The van der Waals surface area contributed by atoms with Crippen LogP contribution >= 0.6 is 11.8 Å². The third-order valence-electron chi connectivity index (χ3n) is 1.81. The highest BCUT2D eigenvalue weighted by Gasteiger charge is 2.12. The maximum absolute atomic E-state index is 2.26. The molecule has 0 saturated heterocycles. The van der Waals surface area contributed by atoms with Crippen LogP contribution in [0.15, 0.2) is 23.4 Å². The molecule has 13 heavy (non-hydrogen) atoms. The molecule has 0 saturated carbocycles. The monoisotopic (exact) mass is 197 g/mol. The predicted molar refractivity (Wildman–Crippen MR) is 60.4 cm³/mol. The lowest BCUT2D eigenvalue weighted by molar-refractivity contribution is 0.397. The summed E-state index contributed by atoms with van der Waals surface area (Å²) in [7, 11) is 0. The molecule has 0 unspecified atom stereocenters. The van der Waals surface area contributed by atoms with Gasteiger partial charge in [0.05, 0.1) is 0 Å². The van der Waals surface area contributed by atoms with Gasteiger partial charge in [0.25, 0.3) is 0 Å². The number of aromatic nitrogens is 1. The van der Waals surface area contributed by atoms with Gasteiger partial charge in [0.15, 0.2) is 0 Å². The van der Waals surface area contributed by atoms with Crippen LogP contribution in [0.4, 0.5) is 0 Å². The van der Waals surface area contributed by atoms with Gasteiger partial charge in [-0.15, -0.1) is 11.8 Å². The fourth-order valence-corrected chi connectivity index (χ4v) is 1.99. The van der Waals surface area contributed by atoms with Crippen LogP contribution in [0, 0.1) is 0 Å². The molecule has 0 radical (unpaired) electrons. The van der Waals surface area contributed by atoms with Gasteiger partial charge in [-0.05, 0) is 26.8 Å². The van der Waals surface area contributed by atoms with Gasteiger partial charge in [0.2, 0.25) is 0 Å². The van der Waals surface area contributed by atoms with E-state index in [-0.39, 0.29) is 5.54 Å². The molecule has 0 aliphatic rings. The first kappa shape index (κ1) is 10.7. The van der Waals surface area contributed by atoms with E-state index in [1.54, 1.807) is 0 Å². The summed E-state index contributed by atoms with van der Waals surface area (Å²) < 4.78 is 2.26. The standard InChI is InChI=1S/C11H19NS/c1-9(2)13-10-6-7-12(8-10)11(3,4)5/h6-9H,1-5H3. The van der Waals surface area contributed by atoms with Gasteiger partial charge in [-0.3, -0.25) is 0 Å². The molecule has 0 bridgehead atoms. The molecule has 0 spiro atoms. The quantitative estimate of drug-likeness (QED) is 0.654. The Kier molecular flexibility index (Phi) is 3.12. The molecule has 1 nitrogen and oxygen atoms in total. The summed E-state index contributed by atoms with van der Waals surface area (Å²) in [4.78, 5) is 1.37. The van der Waals surface area contributed by atoms with E-state index in [0.717, 1.165) is 0 Å². The molecule has 0 amide bonds. The average Bonchev–Trinajstić information content (AvgIpc) is 2.32. The van der Waals surface area contributed by atoms with Gasteiger partial charge in [-0.1, -0.05) is 13.8 Å². The summed E-state index contributed by atoms with van der Waals surface area (Å²) in [6.45, 7) is 11.1. The summed E-state index contributed by atoms with van der Waals surface area (Å²) >= 11 is 1.91. The topological polar surface area (TPSA) is 4.93 Å². The third kappa shape index (κ3) is 3.11. The van der Waals surface area contributed by atoms with Crippen LogP contribution in [0.1, 0.15) is 34.6 Å². The highest BCUT2D eigenvalue weighted by atomic mass is 32.2. The van der Waals surface area contributed by atoms with Crippen LogP contribution in [0.5, 0.6) is 0 Å². The van der Waals surface area contributed by atoms with E-state index < -0.39 is 0 Å². The molecule has 74 valence electrons. The maximum atomic E-state index is 2.26. The second kappa shape index (κ2) is 3.79. The van der Waals surface area contributed by atoms with Crippen LogP contribution in [0.2, 0.25) is 0 Å². The highest BCUT2D eigenvalue weighted by molar-refractivity contribution is 7.99. The van der Waals surface area contributed by atoms with Crippen molar-refractivity contribution in [2.75, 3.05) is 0 Å². The first-order valence-corrected chi connectivity index (χ1v) is 5.62. The fraction of sp³-hybridized carbons (Fsp3) is 0.636. The van der Waals surface area contributed by atoms with E-state index in [1.807, 2.05) is 11.8 Å². The SMILES string of the molecule is CC(C)Sc1ccn(C(C)(C)C)c1. The van der Waals surface area contributed by atoms with E-state index in [1.165, 1.54) is 4.90 Å². The van der Waals surface area contributed by atoms with E-state index in [2.05, 4.69) is 57.6 Å². The predicted octanol–water partition coefficient (Wildman–Crippen LogP) is 3.74. The molecule has 0 atom stereocenters. The lowest BCUT2D eigenvalue weighted by Crippen LogP contribution is -2.19. The van der Waals surface area contributed by atoms with Crippen molar-refractivity contribution in [2.24, 2.45) is 0 Å². The first-order valence-electron chi connectivity index (χ1n) is 4.75. The molecule has 1 heterocycles. The average molecular weight is 197 g/mol. The lowest BCUT2D eigenvalue weighted by Gasteiger charge is -2.20. The Labute approximate surface area is 85.5 Å². The summed E-state index contributed by atoms with van der Waals surface area (Å²) in [5.74, 6) is 0. The summed E-state index contributed by atoms with van der Waals surface area (Å²) in [5.41, 5.74) is 0.204. The van der Waals surface area contributed by atoms with Crippen LogP contribution in [0.25, 0.3) is 0 Å². The molecular weight excluding hydrogens is 178 g/mol. The van der Waals surface area contributed by atoms with Crippen molar-refractivity contribution in [2.45, 2.75) is 50.3 Å². The molecule has 0 aromatic carbocycles. The second-order valence-corrected chi connectivity index (χ2v) is 6.24. The van der Waals surface area contributed by atoms with Crippen molar-refractivity contribution in [1.82, 2.24) is 4.57 Å². The molecule has 0 N–H and O–H groups in total. The smallest absolute Gasteiger partial charge is 0.0356 e. The van der Waals surface area contributed by atoms with E-state index >= 15 is 0 Å². The maximum Gasteiger partial charge on any atom is 0.0356 e. The van der Waals surface area contributed by atoms with Crippen molar-refractivity contribution >= 4 is 11.8 Å². The van der Waals surface area contributed by atoms with Crippen LogP contribution in [0.3, 0.4) is 0 Å². The molecule has 1 aromatic rings. The zero-order valence-corrected chi connectivity index (χ0v) is 9.98.